The van der Waals surface area contributed by atoms with Gasteiger partial charge in [-0.1, -0.05) is 6.07 Å². The molecule has 1 aromatic heterocycles. The molecule has 96 valence electrons. The lowest BCUT2D eigenvalue weighted by atomic mass is 10.2. The predicted octanol–water partition coefficient (Wildman–Crippen LogP) is 0.599. The van der Waals surface area contributed by atoms with Crippen molar-refractivity contribution in [3.8, 4) is 0 Å². The van der Waals surface area contributed by atoms with E-state index in [9.17, 15) is 4.79 Å². The summed E-state index contributed by atoms with van der Waals surface area (Å²) >= 11 is 0. The van der Waals surface area contributed by atoms with Crippen molar-refractivity contribution >= 4 is 6.03 Å². The van der Waals surface area contributed by atoms with Crippen molar-refractivity contribution in [3.63, 3.8) is 0 Å². The molecule has 5 heteroatoms. The first-order valence-corrected chi connectivity index (χ1v) is 6.42. The van der Waals surface area contributed by atoms with Crippen LogP contribution < -0.4 is 5.32 Å². The van der Waals surface area contributed by atoms with Gasteiger partial charge >= 0.3 is 6.03 Å². The number of hydrogen-bond acceptors (Lipinski definition) is 3. The standard InChI is InChI=1S/C13H18N4O/c1-10-3-2-4-11(15-10)8-16-5-6-17-12(9-16)7-14-13(17)18/h2-4,12H,5-9H2,1H3,(H,14,18)/t12-/m0/s1. The fourth-order valence-corrected chi connectivity index (χ4v) is 2.73. The number of nitrogens with one attached hydrogen (secondary N) is 1. The number of pyridine rings is 1. The van der Waals surface area contributed by atoms with Gasteiger partial charge in [0.15, 0.2) is 0 Å². The number of nitrogens with zero attached hydrogens (tertiary/aromatic N) is 3. The van der Waals surface area contributed by atoms with Crippen molar-refractivity contribution in [2.24, 2.45) is 0 Å². The second-order valence-corrected chi connectivity index (χ2v) is 5.04. The summed E-state index contributed by atoms with van der Waals surface area (Å²) in [7, 11) is 0. The second-order valence-electron chi connectivity index (χ2n) is 5.04. The fourth-order valence-electron chi connectivity index (χ4n) is 2.73. The number of carbonyl (C=O) groups is 1. The largest absolute Gasteiger partial charge is 0.336 e. The maximum Gasteiger partial charge on any atom is 0.317 e. The average Bonchev–Trinajstić information content (AvgIpc) is 2.71. The molecule has 0 unspecified atom stereocenters. The van der Waals surface area contributed by atoms with Gasteiger partial charge in [0.25, 0.3) is 0 Å². The summed E-state index contributed by atoms with van der Waals surface area (Å²) in [5.74, 6) is 0. The SMILES string of the molecule is Cc1cccc(CN2CCN3C(=O)NC[C@H]3C2)n1. The van der Waals surface area contributed by atoms with Gasteiger partial charge in [0.05, 0.1) is 11.7 Å². The van der Waals surface area contributed by atoms with Crippen LogP contribution >= 0.6 is 0 Å². The number of piperazine rings is 1. The summed E-state index contributed by atoms with van der Waals surface area (Å²) in [6.45, 7) is 6.36. The van der Waals surface area contributed by atoms with Gasteiger partial charge in [0.1, 0.15) is 0 Å². The molecule has 1 aromatic rings. The van der Waals surface area contributed by atoms with E-state index in [0.717, 1.165) is 44.1 Å². The summed E-state index contributed by atoms with van der Waals surface area (Å²) in [6.07, 6.45) is 0. The maximum absolute atomic E-state index is 11.5. The first-order chi connectivity index (χ1) is 8.72. The number of aromatic nitrogens is 1. The summed E-state index contributed by atoms with van der Waals surface area (Å²) in [6, 6.07) is 6.55. The molecule has 2 aliphatic rings. The van der Waals surface area contributed by atoms with Crippen molar-refractivity contribution in [2.75, 3.05) is 26.2 Å². The van der Waals surface area contributed by atoms with Gasteiger partial charge < -0.3 is 10.2 Å². The molecule has 1 atom stereocenters. The van der Waals surface area contributed by atoms with E-state index in [-0.39, 0.29) is 6.03 Å². The molecule has 3 rings (SSSR count). The van der Waals surface area contributed by atoms with E-state index >= 15 is 0 Å². The van der Waals surface area contributed by atoms with Crippen molar-refractivity contribution in [1.29, 1.82) is 0 Å². The van der Waals surface area contributed by atoms with Crippen LogP contribution in [0, 0.1) is 6.92 Å². The minimum Gasteiger partial charge on any atom is -0.336 e. The molecule has 0 aromatic carbocycles. The van der Waals surface area contributed by atoms with Crippen LogP contribution in [-0.4, -0.2) is 53.0 Å². The lowest BCUT2D eigenvalue weighted by Gasteiger charge is -2.36. The Morgan fingerprint density at radius 2 is 2.33 bits per heavy atom. The van der Waals surface area contributed by atoms with Crippen molar-refractivity contribution in [3.05, 3.63) is 29.6 Å². The molecule has 2 fully saturated rings. The zero-order chi connectivity index (χ0) is 12.5. The van der Waals surface area contributed by atoms with Crippen LogP contribution in [0.1, 0.15) is 11.4 Å². The number of rotatable bonds is 2. The number of urea groups is 1. The van der Waals surface area contributed by atoms with Gasteiger partial charge in [0, 0.05) is 38.4 Å². The molecular formula is C13H18N4O. The van der Waals surface area contributed by atoms with Gasteiger partial charge in [-0.05, 0) is 19.1 Å². The fraction of sp³-hybridized carbons (Fsp3) is 0.538. The van der Waals surface area contributed by atoms with Crippen LogP contribution in [0.15, 0.2) is 18.2 Å². The molecule has 0 saturated carbocycles. The average molecular weight is 246 g/mol. The predicted molar refractivity (Wildman–Crippen MR) is 68.1 cm³/mol. The lowest BCUT2D eigenvalue weighted by Crippen LogP contribution is -2.51. The topological polar surface area (TPSA) is 48.5 Å². The van der Waals surface area contributed by atoms with E-state index in [0.29, 0.717) is 6.04 Å². The molecular weight excluding hydrogens is 228 g/mol. The molecule has 0 aliphatic carbocycles. The Morgan fingerprint density at radius 1 is 1.44 bits per heavy atom. The van der Waals surface area contributed by atoms with Crippen LogP contribution in [0.4, 0.5) is 4.79 Å². The van der Waals surface area contributed by atoms with Crippen molar-refractivity contribution in [1.82, 2.24) is 20.1 Å². The number of fused-ring (bicyclic) bond motifs is 1. The third kappa shape index (κ3) is 2.18. The first kappa shape index (κ1) is 11.5. The molecule has 0 radical (unpaired) electrons. The van der Waals surface area contributed by atoms with Crippen LogP contribution in [0.3, 0.4) is 0 Å². The summed E-state index contributed by atoms with van der Waals surface area (Å²) in [5.41, 5.74) is 2.17. The van der Waals surface area contributed by atoms with Gasteiger partial charge in [-0.3, -0.25) is 9.88 Å². The second kappa shape index (κ2) is 4.57. The Balaban J connectivity index is 1.64. The Bertz CT molecular complexity index is 462. The zero-order valence-corrected chi connectivity index (χ0v) is 10.6. The van der Waals surface area contributed by atoms with Crippen LogP contribution in [-0.2, 0) is 6.54 Å². The highest BCUT2D eigenvalue weighted by molar-refractivity contribution is 5.77. The Morgan fingerprint density at radius 3 is 3.17 bits per heavy atom. The van der Waals surface area contributed by atoms with E-state index in [1.54, 1.807) is 0 Å². The van der Waals surface area contributed by atoms with E-state index in [1.165, 1.54) is 0 Å². The molecule has 2 amide bonds. The van der Waals surface area contributed by atoms with Crippen LogP contribution in [0.5, 0.6) is 0 Å². The highest BCUT2D eigenvalue weighted by Crippen LogP contribution is 2.15. The molecule has 2 saturated heterocycles. The van der Waals surface area contributed by atoms with E-state index in [4.69, 9.17) is 0 Å². The summed E-state index contributed by atoms with van der Waals surface area (Å²) in [5, 5.41) is 2.90. The van der Waals surface area contributed by atoms with Gasteiger partial charge in [-0.25, -0.2) is 4.79 Å². The molecule has 5 nitrogen and oxygen atoms in total. The van der Waals surface area contributed by atoms with Crippen molar-refractivity contribution < 1.29 is 4.79 Å². The normalized spacial score (nSPS) is 23.9. The van der Waals surface area contributed by atoms with Gasteiger partial charge in [-0.2, -0.15) is 0 Å². The van der Waals surface area contributed by atoms with E-state index < -0.39 is 0 Å². The third-order valence-corrected chi connectivity index (χ3v) is 3.65. The quantitative estimate of drug-likeness (QED) is 0.831. The summed E-state index contributed by atoms with van der Waals surface area (Å²) < 4.78 is 0. The first-order valence-electron chi connectivity index (χ1n) is 6.42. The molecule has 1 N–H and O–H groups in total. The smallest absolute Gasteiger partial charge is 0.317 e. The van der Waals surface area contributed by atoms with Crippen LogP contribution in [0.25, 0.3) is 0 Å². The van der Waals surface area contributed by atoms with Gasteiger partial charge in [0.2, 0.25) is 0 Å². The lowest BCUT2D eigenvalue weighted by molar-refractivity contribution is 0.116. The van der Waals surface area contributed by atoms with Crippen molar-refractivity contribution in [2.45, 2.75) is 19.5 Å². The number of hydrogen-bond donors (Lipinski definition) is 1. The molecule has 0 bridgehead atoms. The Hall–Kier alpha value is -1.62. The maximum atomic E-state index is 11.5. The molecule has 0 spiro atoms. The number of aryl methyl sites for hydroxylation is 1. The zero-order valence-electron chi connectivity index (χ0n) is 10.6. The summed E-state index contributed by atoms with van der Waals surface area (Å²) in [4.78, 5) is 20.4. The van der Waals surface area contributed by atoms with E-state index in [1.807, 2.05) is 17.9 Å². The minimum absolute atomic E-state index is 0.0910. The van der Waals surface area contributed by atoms with E-state index in [2.05, 4.69) is 27.3 Å². The highest BCUT2D eigenvalue weighted by atomic mass is 16.2. The highest BCUT2D eigenvalue weighted by Gasteiger charge is 2.35. The molecule has 3 heterocycles. The molecule has 18 heavy (non-hydrogen) atoms. The third-order valence-electron chi connectivity index (χ3n) is 3.65. The minimum atomic E-state index is 0.0910. The number of amides is 2. The Labute approximate surface area is 107 Å². The number of carbonyl (C=O) groups excluding carboxylic acids is 1. The molecule has 2 aliphatic heterocycles. The van der Waals surface area contributed by atoms with Crippen LogP contribution in [0.2, 0.25) is 0 Å². The monoisotopic (exact) mass is 246 g/mol. The van der Waals surface area contributed by atoms with Gasteiger partial charge in [-0.15, -0.1) is 0 Å². The Kier molecular flexibility index (Phi) is 2.91.